The van der Waals surface area contributed by atoms with E-state index in [2.05, 4.69) is 20.4 Å². The molecule has 0 aliphatic carbocycles. The smallest absolute Gasteiger partial charge is 0.224 e. The first-order valence-electron chi connectivity index (χ1n) is 10.4. The fraction of sp³-hybridized carbons (Fsp3) is 0.250. The molecule has 7 heteroatoms. The van der Waals surface area contributed by atoms with E-state index in [1.807, 2.05) is 36.4 Å². The van der Waals surface area contributed by atoms with Crippen LogP contribution in [0.15, 0.2) is 60.7 Å². The van der Waals surface area contributed by atoms with Crippen LogP contribution in [-0.4, -0.2) is 35.0 Å². The molecule has 1 amide bonds. The Balaban J connectivity index is 1.30. The third kappa shape index (κ3) is 5.47. The lowest BCUT2D eigenvalue weighted by Crippen LogP contribution is -2.19. The summed E-state index contributed by atoms with van der Waals surface area (Å²) in [5, 5.41) is 12.1. The number of anilines is 2. The quantitative estimate of drug-likeness (QED) is 0.529. The topological polar surface area (TPSA) is 75.2 Å². The van der Waals surface area contributed by atoms with Crippen molar-refractivity contribution >= 4 is 34.8 Å². The van der Waals surface area contributed by atoms with E-state index in [-0.39, 0.29) is 24.5 Å². The molecule has 1 saturated heterocycles. The third-order valence-electron chi connectivity index (χ3n) is 5.29. The number of nitrogens with one attached hydrogen (secondary N) is 1. The standard InChI is InChI=1S/C24H23ClN4O2/c25-19-7-3-18(4-8-19)22(30)12-14-24(31)26-20-9-5-17(6-10-20)21-11-13-23(28-27-21)29-15-1-2-16-29/h3-11,13H,1-2,12,14-16H2,(H,26,31). The largest absolute Gasteiger partial charge is 0.355 e. The Morgan fingerprint density at radius 3 is 2.23 bits per heavy atom. The monoisotopic (exact) mass is 434 g/mol. The molecule has 4 rings (SSSR count). The molecular weight excluding hydrogens is 412 g/mol. The van der Waals surface area contributed by atoms with Crippen molar-refractivity contribution in [3.63, 3.8) is 0 Å². The number of carbonyl (C=O) groups is 2. The first-order chi connectivity index (χ1) is 15.1. The maximum Gasteiger partial charge on any atom is 0.224 e. The van der Waals surface area contributed by atoms with E-state index in [4.69, 9.17) is 11.6 Å². The molecule has 0 bridgehead atoms. The van der Waals surface area contributed by atoms with Crippen molar-refractivity contribution in [1.29, 1.82) is 0 Å². The summed E-state index contributed by atoms with van der Waals surface area (Å²) in [7, 11) is 0. The normalized spacial score (nSPS) is 13.3. The minimum absolute atomic E-state index is 0.0851. The number of amides is 1. The molecule has 0 spiro atoms. The zero-order chi connectivity index (χ0) is 21.6. The van der Waals surface area contributed by atoms with Crippen LogP contribution >= 0.6 is 11.6 Å². The zero-order valence-electron chi connectivity index (χ0n) is 17.1. The summed E-state index contributed by atoms with van der Waals surface area (Å²) in [5.74, 6) is 0.626. The fourth-order valence-electron chi connectivity index (χ4n) is 3.55. The van der Waals surface area contributed by atoms with Gasteiger partial charge < -0.3 is 10.2 Å². The van der Waals surface area contributed by atoms with Gasteiger partial charge in [0.2, 0.25) is 5.91 Å². The average Bonchev–Trinajstić information content (AvgIpc) is 3.34. The summed E-state index contributed by atoms with van der Waals surface area (Å²) >= 11 is 5.83. The minimum atomic E-state index is -0.204. The summed E-state index contributed by atoms with van der Waals surface area (Å²) in [4.78, 5) is 26.6. The van der Waals surface area contributed by atoms with Gasteiger partial charge in [0.25, 0.3) is 0 Å². The van der Waals surface area contributed by atoms with Crippen LogP contribution < -0.4 is 10.2 Å². The fourth-order valence-corrected chi connectivity index (χ4v) is 3.68. The predicted octanol–water partition coefficient (Wildman–Crippen LogP) is 5.00. The molecule has 31 heavy (non-hydrogen) atoms. The van der Waals surface area contributed by atoms with Crippen molar-refractivity contribution in [1.82, 2.24) is 10.2 Å². The van der Waals surface area contributed by atoms with Crippen LogP contribution in [0.25, 0.3) is 11.3 Å². The van der Waals surface area contributed by atoms with E-state index in [1.165, 1.54) is 12.8 Å². The second-order valence-corrected chi connectivity index (χ2v) is 7.96. The number of rotatable bonds is 7. The molecule has 1 aliphatic rings. The number of hydrogen-bond donors (Lipinski definition) is 1. The van der Waals surface area contributed by atoms with Gasteiger partial charge in [-0.2, -0.15) is 0 Å². The lowest BCUT2D eigenvalue weighted by atomic mass is 10.1. The van der Waals surface area contributed by atoms with Crippen LogP contribution in [0.1, 0.15) is 36.0 Å². The van der Waals surface area contributed by atoms with Gasteiger partial charge in [0.1, 0.15) is 0 Å². The number of aromatic nitrogens is 2. The van der Waals surface area contributed by atoms with Crippen molar-refractivity contribution in [3.05, 3.63) is 71.2 Å². The Bertz CT molecular complexity index is 1040. The lowest BCUT2D eigenvalue weighted by Gasteiger charge is -2.15. The summed E-state index contributed by atoms with van der Waals surface area (Å²) in [5.41, 5.74) is 2.94. The molecule has 158 valence electrons. The molecule has 0 unspecified atom stereocenters. The van der Waals surface area contributed by atoms with E-state index >= 15 is 0 Å². The van der Waals surface area contributed by atoms with Crippen LogP contribution in [0.4, 0.5) is 11.5 Å². The van der Waals surface area contributed by atoms with E-state index in [9.17, 15) is 9.59 Å². The van der Waals surface area contributed by atoms with Crippen LogP contribution in [-0.2, 0) is 4.79 Å². The summed E-state index contributed by atoms with van der Waals surface area (Å²) in [6, 6.07) is 18.1. The van der Waals surface area contributed by atoms with Gasteiger partial charge in [-0.05, 0) is 61.4 Å². The number of carbonyl (C=O) groups excluding carboxylic acids is 2. The molecule has 2 heterocycles. The van der Waals surface area contributed by atoms with E-state index in [0.29, 0.717) is 16.3 Å². The van der Waals surface area contributed by atoms with Crippen molar-refractivity contribution in [2.45, 2.75) is 25.7 Å². The first kappa shape index (κ1) is 21.0. The molecule has 3 aromatic rings. The van der Waals surface area contributed by atoms with Gasteiger partial charge in [0.15, 0.2) is 11.6 Å². The third-order valence-corrected chi connectivity index (χ3v) is 5.54. The molecule has 6 nitrogen and oxygen atoms in total. The number of benzene rings is 2. The molecule has 1 aliphatic heterocycles. The van der Waals surface area contributed by atoms with Gasteiger partial charge in [-0.1, -0.05) is 23.7 Å². The molecule has 1 aromatic heterocycles. The van der Waals surface area contributed by atoms with Crippen LogP contribution in [0.3, 0.4) is 0 Å². The molecule has 1 fully saturated rings. The van der Waals surface area contributed by atoms with Crippen LogP contribution in [0.2, 0.25) is 5.02 Å². The summed E-state index contributed by atoms with van der Waals surface area (Å²) in [6.45, 7) is 2.07. The highest BCUT2D eigenvalue weighted by molar-refractivity contribution is 6.30. The number of hydrogen-bond acceptors (Lipinski definition) is 5. The Morgan fingerprint density at radius 2 is 1.58 bits per heavy atom. The Kier molecular flexibility index (Phi) is 6.57. The Hall–Kier alpha value is -3.25. The molecule has 2 aromatic carbocycles. The van der Waals surface area contributed by atoms with Gasteiger partial charge in [0.05, 0.1) is 5.69 Å². The van der Waals surface area contributed by atoms with Crippen LogP contribution in [0, 0.1) is 0 Å². The maximum atomic E-state index is 12.2. The first-order valence-corrected chi connectivity index (χ1v) is 10.7. The van der Waals surface area contributed by atoms with Crippen molar-refractivity contribution in [2.24, 2.45) is 0 Å². The van der Waals surface area contributed by atoms with Gasteiger partial charge in [0, 0.05) is 47.8 Å². The van der Waals surface area contributed by atoms with E-state index in [0.717, 1.165) is 30.2 Å². The van der Waals surface area contributed by atoms with E-state index < -0.39 is 0 Å². The highest BCUT2D eigenvalue weighted by Crippen LogP contribution is 2.22. The zero-order valence-corrected chi connectivity index (χ0v) is 17.8. The minimum Gasteiger partial charge on any atom is -0.355 e. The second-order valence-electron chi connectivity index (χ2n) is 7.53. The Labute approximate surface area is 186 Å². The summed E-state index contributed by atoms with van der Waals surface area (Å²) in [6.07, 6.45) is 2.66. The number of ketones is 1. The second kappa shape index (κ2) is 9.71. The van der Waals surface area contributed by atoms with E-state index in [1.54, 1.807) is 24.3 Å². The predicted molar refractivity (Wildman–Crippen MR) is 123 cm³/mol. The van der Waals surface area contributed by atoms with Crippen molar-refractivity contribution in [3.8, 4) is 11.3 Å². The number of halogens is 1. The number of nitrogens with zero attached hydrogens (tertiary/aromatic N) is 3. The molecule has 1 N–H and O–H groups in total. The lowest BCUT2D eigenvalue weighted by molar-refractivity contribution is -0.116. The van der Waals surface area contributed by atoms with Gasteiger partial charge in [-0.25, -0.2) is 0 Å². The molecule has 0 saturated carbocycles. The van der Waals surface area contributed by atoms with Crippen molar-refractivity contribution < 1.29 is 9.59 Å². The highest BCUT2D eigenvalue weighted by atomic mass is 35.5. The molecule has 0 atom stereocenters. The maximum absolute atomic E-state index is 12.2. The Morgan fingerprint density at radius 1 is 0.871 bits per heavy atom. The molecular formula is C24H23ClN4O2. The number of Topliss-reactive ketones (excluding diaryl/α,β-unsaturated/α-hetero) is 1. The van der Waals surface area contributed by atoms with Gasteiger partial charge in [-0.3, -0.25) is 9.59 Å². The van der Waals surface area contributed by atoms with Crippen LogP contribution in [0.5, 0.6) is 0 Å². The molecule has 0 radical (unpaired) electrons. The van der Waals surface area contributed by atoms with Crippen molar-refractivity contribution in [2.75, 3.05) is 23.3 Å². The van der Waals surface area contributed by atoms with Gasteiger partial charge >= 0.3 is 0 Å². The SMILES string of the molecule is O=C(CCC(=O)c1ccc(Cl)cc1)Nc1ccc(-c2ccc(N3CCCC3)nn2)cc1. The summed E-state index contributed by atoms with van der Waals surface area (Å²) < 4.78 is 0. The average molecular weight is 435 g/mol. The highest BCUT2D eigenvalue weighted by Gasteiger charge is 2.14. The van der Waals surface area contributed by atoms with Gasteiger partial charge in [-0.15, -0.1) is 10.2 Å².